The van der Waals surface area contributed by atoms with Gasteiger partial charge in [0.25, 0.3) is 0 Å². The molecule has 0 aliphatic rings. The van der Waals surface area contributed by atoms with Crippen molar-refractivity contribution in [2.24, 2.45) is 0 Å². The molecule has 0 aliphatic carbocycles. The molecule has 0 unspecified atom stereocenters. The molecule has 0 bridgehead atoms. The maximum atomic E-state index is 11.2. The minimum Gasteiger partial charge on any atom is -0.481 e. The van der Waals surface area contributed by atoms with Crippen molar-refractivity contribution in [1.29, 1.82) is 0 Å². The Kier molecular flexibility index (Phi) is 3.59. The normalized spacial score (nSPS) is 9.75. The van der Waals surface area contributed by atoms with Gasteiger partial charge >= 0.3 is 5.97 Å². The molecule has 8 nitrogen and oxygen atoms in total. The maximum Gasteiger partial charge on any atom is 0.303 e. The second kappa shape index (κ2) is 4.91. The van der Waals surface area contributed by atoms with Crippen LogP contribution in [0.3, 0.4) is 0 Å². The zero-order chi connectivity index (χ0) is 12.1. The maximum absolute atomic E-state index is 11.2. The van der Waals surface area contributed by atoms with Gasteiger partial charge in [-0.2, -0.15) is 9.97 Å². The third kappa shape index (κ3) is 3.78. The molecule has 0 saturated carbocycles. The number of carboxylic acid groups (broad SMARTS) is 1. The number of carbonyl (C=O) groups excluding carboxylic acids is 1. The lowest BCUT2D eigenvalue weighted by molar-refractivity contribution is -0.138. The van der Waals surface area contributed by atoms with E-state index >= 15 is 0 Å². The molecule has 1 aromatic heterocycles. The predicted molar refractivity (Wildman–Crippen MR) is 56.4 cm³/mol. The highest BCUT2D eigenvalue weighted by Gasteiger charge is 2.07. The van der Waals surface area contributed by atoms with E-state index in [0.717, 1.165) is 0 Å². The number of amides is 1. The summed E-state index contributed by atoms with van der Waals surface area (Å²) in [6, 6.07) is 1.33. The zero-order valence-corrected chi connectivity index (χ0v) is 8.30. The Morgan fingerprint density at radius 1 is 1.31 bits per heavy atom. The van der Waals surface area contributed by atoms with E-state index in [1.807, 2.05) is 0 Å². The number of nitrogens with one attached hydrogen (secondary N) is 1. The first-order chi connectivity index (χ1) is 7.47. The van der Waals surface area contributed by atoms with Crippen LogP contribution in [0.1, 0.15) is 12.8 Å². The molecule has 0 atom stereocenters. The lowest BCUT2D eigenvalue weighted by Gasteiger charge is -2.04. The van der Waals surface area contributed by atoms with Gasteiger partial charge in [0.1, 0.15) is 11.6 Å². The highest BCUT2D eigenvalue weighted by Crippen LogP contribution is 2.09. The fourth-order valence-electron chi connectivity index (χ4n) is 0.975. The Balaban J connectivity index is 2.59. The van der Waals surface area contributed by atoms with Crippen LogP contribution in [-0.2, 0) is 9.59 Å². The van der Waals surface area contributed by atoms with E-state index in [1.54, 1.807) is 0 Å². The SMILES string of the molecule is Nc1cc(NC(=O)CCC(=O)O)nc(N)n1. The van der Waals surface area contributed by atoms with E-state index in [4.69, 9.17) is 16.6 Å². The molecule has 1 heterocycles. The lowest BCUT2D eigenvalue weighted by atomic mass is 10.3. The van der Waals surface area contributed by atoms with E-state index in [1.165, 1.54) is 6.07 Å². The summed E-state index contributed by atoms with van der Waals surface area (Å²) in [4.78, 5) is 28.8. The molecular formula is C8H11N5O3. The summed E-state index contributed by atoms with van der Waals surface area (Å²) in [5.74, 6) is -1.30. The van der Waals surface area contributed by atoms with Gasteiger partial charge in [-0.1, -0.05) is 0 Å². The number of aromatic nitrogens is 2. The molecule has 1 aromatic rings. The fourth-order valence-corrected chi connectivity index (χ4v) is 0.975. The van der Waals surface area contributed by atoms with Crippen molar-refractivity contribution < 1.29 is 14.7 Å². The number of nitrogens with two attached hydrogens (primary N) is 2. The molecule has 0 fully saturated rings. The summed E-state index contributed by atoms with van der Waals surface area (Å²) in [7, 11) is 0. The number of hydrogen-bond acceptors (Lipinski definition) is 6. The van der Waals surface area contributed by atoms with Crippen LogP contribution < -0.4 is 16.8 Å². The standard InChI is InChI=1S/C8H11N5O3/c9-4-3-5(13-8(10)11-4)12-6(14)1-2-7(15)16/h3H,1-2H2,(H,15,16)(H5,9,10,11,12,13,14). The lowest BCUT2D eigenvalue weighted by Crippen LogP contribution is -2.15. The largest absolute Gasteiger partial charge is 0.481 e. The molecule has 0 radical (unpaired) electrons. The van der Waals surface area contributed by atoms with E-state index in [-0.39, 0.29) is 30.4 Å². The van der Waals surface area contributed by atoms with E-state index in [2.05, 4.69) is 15.3 Å². The number of carbonyl (C=O) groups is 2. The van der Waals surface area contributed by atoms with Gasteiger partial charge in [0.05, 0.1) is 6.42 Å². The van der Waals surface area contributed by atoms with Crippen LogP contribution in [0.25, 0.3) is 0 Å². The molecule has 0 spiro atoms. The van der Waals surface area contributed by atoms with Gasteiger partial charge in [-0.05, 0) is 0 Å². The molecule has 1 amide bonds. The minimum absolute atomic E-state index is 0.0615. The second-order valence-electron chi connectivity index (χ2n) is 2.98. The Bertz CT molecular complexity index is 400. The summed E-state index contributed by atoms with van der Waals surface area (Å²) >= 11 is 0. The molecule has 16 heavy (non-hydrogen) atoms. The van der Waals surface area contributed by atoms with Crippen molar-refractivity contribution in [1.82, 2.24) is 9.97 Å². The van der Waals surface area contributed by atoms with Crippen molar-refractivity contribution in [2.75, 3.05) is 16.8 Å². The summed E-state index contributed by atoms with van der Waals surface area (Å²) in [5.41, 5.74) is 10.7. The minimum atomic E-state index is -1.04. The van der Waals surface area contributed by atoms with E-state index < -0.39 is 11.9 Å². The fraction of sp³-hybridized carbons (Fsp3) is 0.250. The van der Waals surface area contributed by atoms with Crippen LogP contribution in [0.2, 0.25) is 0 Å². The molecular weight excluding hydrogens is 214 g/mol. The van der Waals surface area contributed by atoms with Gasteiger partial charge in [0.2, 0.25) is 11.9 Å². The smallest absolute Gasteiger partial charge is 0.303 e. The van der Waals surface area contributed by atoms with E-state index in [0.29, 0.717) is 0 Å². The first kappa shape index (κ1) is 11.7. The van der Waals surface area contributed by atoms with Crippen LogP contribution in [0.5, 0.6) is 0 Å². The average molecular weight is 225 g/mol. The third-order valence-corrected chi connectivity index (χ3v) is 1.60. The summed E-state index contributed by atoms with van der Waals surface area (Å²) in [6.45, 7) is 0. The summed E-state index contributed by atoms with van der Waals surface area (Å²) < 4.78 is 0. The van der Waals surface area contributed by atoms with E-state index in [9.17, 15) is 9.59 Å². The molecule has 1 rings (SSSR count). The van der Waals surface area contributed by atoms with Gasteiger partial charge in [0.15, 0.2) is 0 Å². The first-order valence-corrected chi connectivity index (χ1v) is 4.39. The third-order valence-electron chi connectivity index (χ3n) is 1.60. The Morgan fingerprint density at radius 2 is 2.00 bits per heavy atom. The monoisotopic (exact) mass is 225 g/mol. The number of nitrogens with zero attached hydrogens (tertiary/aromatic N) is 2. The number of rotatable bonds is 4. The van der Waals surface area contributed by atoms with Crippen LogP contribution in [0, 0.1) is 0 Å². The average Bonchev–Trinajstić information content (AvgIpc) is 2.12. The van der Waals surface area contributed by atoms with Gasteiger partial charge in [-0.25, -0.2) is 0 Å². The van der Waals surface area contributed by atoms with Gasteiger partial charge in [-0.15, -0.1) is 0 Å². The Labute approximate surface area is 90.7 Å². The highest BCUT2D eigenvalue weighted by atomic mass is 16.4. The van der Waals surface area contributed by atoms with Crippen molar-refractivity contribution in [3.8, 4) is 0 Å². The van der Waals surface area contributed by atoms with Crippen LogP contribution in [0.4, 0.5) is 17.6 Å². The van der Waals surface area contributed by atoms with Crippen LogP contribution in [-0.4, -0.2) is 27.0 Å². The van der Waals surface area contributed by atoms with Crippen molar-refractivity contribution in [3.05, 3.63) is 6.07 Å². The number of aliphatic carboxylic acids is 1. The molecule has 0 aliphatic heterocycles. The van der Waals surface area contributed by atoms with Crippen LogP contribution in [0.15, 0.2) is 6.07 Å². The van der Waals surface area contributed by atoms with Crippen LogP contribution >= 0.6 is 0 Å². The molecule has 8 heteroatoms. The van der Waals surface area contributed by atoms with Gasteiger partial charge in [-0.3, -0.25) is 9.59 Å². The van der Waals surface area contributed by atoms with Gasteiger partial charge in [0, 0.05) is 12.5 Å². The molecule has 0 saturated heterocycles. The molecule has 6 N–H and O–H groups in total. The number of hydrogen-bond donors (Lipinski definition) is 4. The Hall–Kier alpha value is -2.38. The summed E-state index contributed by atoms with van der Waals surface area (Å²) in [6.07, 6.45) is -0.388. The second-order valence-corrected chi connectivity index (χ2v) is 2.98. The van der Waals surface area contributed by atoms with Crippen molar-refractivity contribution in [3.63, 3.8) is 0 Å². The van der Waals surface area contributed by atoms with Crippen molar-refractivity contribution >= 4 is 29.5 Å². The Morgan fingerprint density at radius 3 is 2.56 bits per heavy atom. The number of anilines is 3. The van der Waals surface area contributed by atoms with Gasteiger partial charge < -0.3 is 21.9 Å². The topological polar surface area (TPSA) is 144 Å². The predicted octanol–water partition coefficient (Wildman–Crippen LogP) is -0.556. The quantitative estimate of drug-likeness (QED) is 0.537. The molecule has 86 valence electrons. The summed E-state index contributed by atoms with van der Waals surface area (Å²) in [5, 5.41) is 10.7. The highest BCUT2D eigenvalue weighted by molar-refractivity contribution is 5.91. The van der Waals surface area contributed by atoms with Crippen molar-refractivity contribution in [2.45, 2.75) is 12.8 Å². The zero-order valence-electron chi connectivity index (χ0n) is 8.30. The number of carboxylic acids is 1. The number of nitrogen functional groups attached to an aromatic ring is 2. The molecule has 0 aromatic carbocycles. The first-order valence-electron chi connectivity index (χ1n) is 4.39.